The molecule has 2 aromatic heterocycles. The first-order valence-electron chi connectivity index (χ1n) is 9.74. The predicted octanol–water partition coefficient (Wildman–Crippen LogP) is 4.10. The van der Waals surface area contributed by atoms with E-state index in [-0.39, 0.29) is 24.2 Å². The van der Waals surface area contributed by atoms with Crippen LogP contribution in [0.15, 0.2) is 35.0 Å². The molecule has 1 saturated heterocycles. The summed E-state index contributed by atoms with van der Waals surface area (Å²) in [5, 5.41) is 4.05. The summed E-state index contributed by atoms with van der Waals surface area (Å²) in [7, 11) is 0. The van der Waals surface area contributed by atoms with Gasteiger partial charge in [-0.2, -0.15) is 0 Å². The highest BCUT2D eigenvalue weighted by molar-refractivity contribution is 5.80. The lowest BCUT2D eigenvalue weighted by Gasteiger charge is -2.26. The average molecular weight is 394 g/mol. The van der Waals surface area contributed by atoms with Gasteiger partial charge in [0, 0.05) is 18.3 Å². The number of aromatic nitrogens is 3. The number of benzene rings is 1. The second kappa shape index (κ2) is 7.73. The van der Waals surface area contributed by atoms with Crippen molar-refractivity contribution < 1.29 is 13.7 Å². The number of carbonyl (C=O) groups excluding carboxylic acids is 1. The minimum absolute atomic E-state index is 0.0363. The van der Waals surface area contributed by atoms with Gasteiger partial charge >= 0.3 is 0 Å². The lowest BCUT2D eigenvalue weighted by Crippen LogP contribution is -2.32. The van der Waals surface area contributed by atoms with Crippen molar-refractivity contribution in [3.8, 4) is 11.3 Å². The molecule has 29 heavy (non-hydrogen) atoms. The Balaban J connectivity index is 1.67. The van der Waals surface area contributed by atoms with Gasteiger partial charge in [-0.1, -0.05) is 17.3 Å². The van der Waals surface area contributed by atoms with Crippen molar-refractivity contribution in [2.45, 2.75) is 46.1 Å². The van der Waals surface area contributed by atoms with E-state index < -0.39 is 0 Å². The largest absolute Gasteiger partial charge is 0.356 e. The van der Waals surface area contributed by atoms with Crippen LogP contribution < -0.4 is 0 Å². The lowest BCUT2D eigenvalue weighted by atomic mass is 10.0. The van der Waals surface area contributed by atoms with Gasteiger partial charge in [-0.05, 0) is 51.3 Å². The first-order valence-corrected chi connectivity index (χ1v) is 9.74. The van der Waals surface area contributed by atoms with E-state index in [1.165, 1.54) is 12.1 Å². The Bertz CT molecular complexity index is 1060. The molecule has 0 N–H and O–H groups in total. The number of nitrogens with zero attached hydrogens (tertiary/aromatic N) is 4. The van der Waals surface area contributed by atoms with Gasteiger partial charge in [0.05, 0.1) is 29.4 Å². The predicted molar refractivity (Wildman–Crippen MR) is 106 cm³/mol. The summed E-state index contributed by atoms with van der Waals surface area (Å²) in [5.74, 6) is 0.910. The number of hydrogen-bond donors (Lipinski definition) is 0. The van der Waals surface area contributed by atoms with Crippen LogP contribution in [-0.2, 0) is 11.2 Å². The summed E-state index contributed by atoms with van der Waals surface area (Å²) >= 11 is 0. The summed E-state index contributed by atoms with van der Waals surface area (Å²) in [6.07, 6.45) is 3.60. The SMILES string of the molecule is Cc1ncc(-c2onc(C)c2C)c([C@H]2CCCN2C(=O)Cc2cccc(F)c2)n1. The minimum atomic E-state index is -0.335. The zero-order valence-electron chi connectivity index (χ0n) is 16.8. The number of carbonyl (C=O) groups is 1. The third kappa shape index (κ3) is 3.77. The van der Waals surface area contributed by atoms with Gasteiger partial charge in [-0.25, -0.2) is 14.4 Å². The van der Waals surface area contributed by atoms with Crippen LogP contribution >= 0.6 is 0 Å². The van der Waals surface area contributed by atoms with Crippen molar-refractivity contribution in [2.75, 3.05) is 6.54 Å². The molecule has 1 aromatic carbocycles. The van der Waals surface area contributed by atoms with E-state index >= 15 is 0 Å². The Kier molecular flexibility index (Phi) is 5.13. The Labute approximate surface area is 168 Å². The molecule has 1 atom stereocenters. The van der Waals surface area contributed by atoms with Crippen molar-refractivity contribution in [1.82, 2.24) is 20.0 Å². The van der Waals surface area contributed by atoms with Crippen LogP contribution in [0.25, 0.3) is 11.3 Å². The van der Waals surface area contributed by atoms with E-state index in [9.17, 15) is 9.18 Å². The topological polar surface area (TPSA) is 72.1 Å². The average Bonchev–Trinajstić information content (AvgIpc) is 3.30. The molecule has 7 heteroatoms. The van der Waals surface area contributed by atoms with E-state index in [4.69, 9.17) is 4.52 Å². The maximum Gasteiger partial charge on any atom is 0.227 e. The van der Waals surface area contributed by atoms with Crippen molar-refractivity contribution in [3.63, 3.8) is 0 Å². The van der Waals surface area contributed by atoms with Crippen molar-refractivity contribution in [1.29, 1.82) is 0 Å². The number of amides is 1. The van der Waals surface area contributed by atoms with Crippen LogP contribution in [0, 0.1) is 26.6 Å². The monoisotopic (exact) mass is 394 g/mol. The van der Waals surface area contributed by atoms with E-state index in [1.807, 2.05) is 25.7 Å². The summed E-state index contributed by atoms with van der Waals surface area (Å²) in [4.78, 5) is 23.9. The fourth-order valence-electron chi connectivity index (χ4n) is 3.86. The van der Waals surface area contributed by atoms with E-state index in [0.29, 0.717) is 23.7 Å². The Morgan fingerprint density at radius 2 is 2.14 bits per heavy atom. The highest BCUT2D eigenvalue weighted by Crippen LogP contribution is 2.38. The standard InChI is InChI=1S/C22H23FN4O2/c1-13-14(2)26-29-22(13)18-12-24-15(3)25-21(18)19-8-5-9-27(19)20(28)11-16-6-4-7-17(23)10-16/h4,6-7,10,12,19H,5,8-9,11H2,1-3H3/t19-/m1/s1. The maximum absolute atomic E-state index is 13.5. The van der Waals surface area contributed by atoms with Gasteiger partial charge in [0.2, 0.25) is 5.91 Å². The Hall–Kier alpha value is -3.09. The molecule has 0 saturated carbocycles. The molecule has 0 unspecified atom stereocenters. The van der Waals surface area contributed by atoms with Gasteiger partial charge < -0.3 is 9.42 Å². The zero-order valence-corrected chi connectivity index (χ0v) is 16.8. The second-order valence-electron chi connectivity index (χ2n) is 7.49. The number of likely N-dealkylation sites (tertiary alicyclic amines) is 1. The van der Waals surface area contributed by atoms with Gasteiger partial charge in [-0.15, -0.1) is 0 Å². The van der Waals surface area contributed by atoms with Crippen LogP contribution in [0.3, 0.4) is 0 Å². The van der Waals surface area contributed by atoms with Crippen molar-refractivity contribution >= 4 is 5.91 Å². The minimum Gasteiger partial charge on any atom is -0.356 e. The van der Waals surface area contributed by atoms with E-state index in [0.717, 1.165) is 35.4 Å². The molecule has 3 heterocycles. The zero-order chi connectivity index (χ0) is 20.5. The normalized spacial score (nSPS) is 16.4. The van der Waals surface area contributed by atoms with Crippen LogP contribution in [0.1, 0.15) is 47.2 Å². The molecule has 0 radical (unpaired) electrons. The molecule has 0 spiro atoms. The number of aryl methyl sites for hydroxylation is 2. The van der Waals surface area contributed by atoms with Crippen LogP contribution in [0.5, 0.6) is 0 Å². The van der Waals surface area contributed by atoms with Crippen LogP contribution in [-0.4, -0.2) is 32.5 Å². The highest BCUT2D eigenvalue weighted by atomic mass is 19.1. The summed E-state index contributed by atoms with van der Waals surface area (Å²) in [6.45, 7) is 6.32. The van der Waals surface area contributed by atoms with Crippen LogP contribution in [0.4, 0.5) is 4.39 Å². The van der Waals surface area contributed by atoms with Gasteiger partial charge in [0.1, 0.15) is 11.6 Å². The first kappa shape index (κ1) is 19.2. The molecule has 4 rings (SSSR count). The molecule has 1 fully saturated rings. The molecule has 6 nitrogen and oxygen atoms in total. The first-order chi connectivity index (χ1) is 13.9. The quantitative estimate of drug-likeness (QED) is 0.666. The summed E-state index contributed by atoms with van der Waals surface area (Å²) in [6, 6.07) is 6.01. The molecule has 1 amide bonds. The van der Waals surface area contributed by atoms with E-state index in [2.05, 4.69) is 15.1 Å². The van der Waals surface area contributed by atoms with Crippen LogP contribution in [0.2, 0.25) is 0 Å². The van der Waals surface area contributed by atoms with Crippen molar-refractivity contribution in [2.24, 2.45) is 0 Å². The molecule has 1 aliphatic rings. The molecule has 3 aromatic rings. The molecule has 0 aliphatic carbocycles. The molecular formula is C22H23FN4O2. The Morgan fingerprint density at radius 1 is 1.31 bits per heavy atom. The highest BCUT2D eigenvalue weighted by Gasteiger charge is 2.34. The number of rotatable bonds is 4. The second-order valence-corrected chi connectivity index (χ2v) is 7.49. The number of hydrogen-bond acceptors (Lipinski definition) is 5. The fraction of sp³-hybridized carbons (Fsp3) is 0.364. The smallest absolute Gasteiger partial charge is 0.227 e. The molecular weight excluding hydrogens is 371 g/mol. The summed E-state index contributed by atoms with van der Waals surface area (Å²) < 4.78 is 19.1. The maximum atomic E-state index is 13.5. The van der Waals surface area contributed by atoms with Gasteiger partial charge in [-0.3, -0.25) is 4.79 Å². The Morgan fingerprint density at radius 3 is 2.86 bits per heavy atom. The fourth-order valence-corrected chi connectivity index (χ4v) is 3.86. The summed E-state index contributed by atoms with van der Waals surface area (Å²) in [5.41, 5.74) is 3.97. The van der Waals surface area contributed by atoms with Gasteiger partial charge in [0.15, 0.2) is 5.76 Å². The molecule has 1 aliphatic heterocycles. The molecule has 150 valence electrons. The molecule has 0 bridgehead atoms. The van der Waals surface area contributed by atoms with Gasteiger partial charge in [0.25, 0.3) is 0 Å². The lowest BCUT2D eigenvalue weighted by molar-refractivity contribution is -0.131. The third-order valence-electron chi connectivity index (χ3n) is 5.47. The van der Waals surface area contributed by atoms with Crippen molar-refractivity contribution in [3.05, 3.63) is 64.6 Å². The third-order valence-corrected chi connectivity index (χ3v) is 5.47. The number of halogens is 1. The van der Waals surface area contributed by atoms with E-state index in [1.54, 1.807) is 18.3 Å².